The topological polar surface area (TPSA) is 80.3 Å². The normalized spacial score (nSPS) is 23.5. The zero-order valence-electron chi connectivity index (χ0n) is 16.6. The van der Waals surface area contributed by atoms with Crippen LogP contribution in [0.25, 0.3) is 0 Å². The second-order valence-corrected chi connectivity index (χ2v) is 8.69. The number of alkyl halides is 3. The second kappa shape index (κ2) is 7.91. The Balaban J connectivity index is 1.20. The van der Waals surface area contributed by atoms with E-state index in [9.17, 15) is 27.2 Å². The molecule has 0 unspecified atom stereocenters. The highest BCUT2D eigenvalue weighted by atomic mass is 35.5. The van der Waals surface area contributed by atoms with Gasteiger partial charge in [-0.15, -0.1) is 0 Å². The molecule has 32 heavy (non-hydrogen) atoms. The Bertz CT molecular complexity index is 1040. The van der Waals surface area contributed by atoms with Gasteiger partial charge in [0.2, 0.25) is 5.91 Å². The fourth-order valence-corrected chi connectivity index (χ4v) is 4.44. The number of amides is 2. The van der Waals surface area contributed by atoms with Crippen LogP contribution in [-0.2, 0) is 22.2 Å². The van der Waals surface area contributed by atoms with Crippen LogP contribution in [0.2, 0.25) is 5.02 Å². The van der Waals surface area contributed by atoms with Crippen molar-refractivity contribution in [3.05, 3.63) is 58.6 Å². The molecule has 3 aliphatic rings. The van der Waals surface area contributed by atoms with E-state index >= 15 is 0 Å². The van der Waals surface area contributed by atoms with E-state index in [1.807, 2.05) is 0 Å². The lowest BCUT2D eigenvalue weighted by atomic mass is 9.44. The van der Waals surface area contributed by atoms with Crippen molar-refractivity contribution in [1.82, 2.24) is 15.6 Å². The molecular weight excluding hydrogens is 454 g/mol. The predicted octanol–water partition coefficient (Wildman–Crippen LogP) is 3.42. The minimum absolute atomic E-state index is 0.0439. The number of aromatic nitrogens is 1. The van der Waals surface area contributed by atoms with Gasteiger partial charge in [0.1, 0.15) is 17.3 Å². The Morgan fingerprint density at radius 2 is 1.72 bits per heavy atom. The van der Waals surface area contributed by atoms with Gasteiger partial charge in [-0.1, -0.05) is 17.7 Å². The third-order valence-electron chi connectivity index (χ3n) is 5.58. The van der Waals surface area contributed by atoms with Crippen molar-refractivity contribution in [2.75, 3.05) is 6.61 Å². The van der Waals surface area contributed by atoms with Gasteiger partial charge < -0.3 is 15.4 Å². The van der Waals surface area contributed by atoms with Crippen LogP contribution in [0.1, 0.15) is 30.5 Å². The van der Waals surface area contributed by atoms with Gasteiger partial charge >= 0.3 is 6.18 Å². The summed E-state index contributed by atoms with van der Waals surface area (Å²) < 4.78 is 56.3. The molecule has 1 aromatic heterocycles. The Kier molecular flexibility index (Phi) is 5.52. The highest BCUT2D eigenvalue weighted by Crippen LogP contribution is 2.60. The van der Waals surface area contributed by atoms with Crippen molar-refractivity contribution < 1.29 is 31.9 Å². The lowest BCUT2D eigenvalue weighted by molar-refractivity contribution is -0.150. The first-order chi connectivity index (χ1) is 15.0. The van der Waals surface area contributed by atoms with E-state index in [1.54, 1.807) is 0 Å². The Labute approximate surface area is 185 Å². The van der Waals surface area contributed by atoms with Crippen molar-refractivity contribution >= 4 is 23.4 Å². The second-order valence-electron chi connectivity index (χ2n) is 8.28. The summed E-state index contributed by atoms with van der Waals surface area (Å²) in [7, 11) is 0. The van der Waals surface area contributed by atoms with Crippen LogP contribution in [0.15, 0.2) is 36.5 Å². The summed E-state index contributed by atoms with van der Waals surface area (Å²) in [6.45, 7) is -0.289. The zero-order chi connectivity index (χ0) is 23.1. The van der Waals surface area contributed by atoms with Crippen molar-refractivity contribution in [1.29, 1.82) is 0 Å². The van der Waals surface area contributed by atoms with Crippen molar-refractivity contribution in [3.8, 4) is 5.75 Å². The number of carbonyl (C=O) groups is 2. The summed E-state index contributed by atoms with van der Waals surface area (Å²) in [5.74, 6) is -1.15. The fourth-order valence-electron chi connectivity index (χ4n) is 4.32. The number of halogens is 5. The highest BCUT2D eigenvalue weighted by molar-refractivity contribution is 6.30. The van der Waals surface area contributed by atoms with Crippen molar-refractivity contribution in [2.45, 2.75) is 42.9 Å². The third-order valence-corrected chi connectivity index (χ3v) is 5.89. The van der Waals surface area contributed by atoms with E-state index in [2.05, 4.69) is 15.6 Å². The predicted molar refractivity (Wildman–Crippen MR) is 105 cm³/mol. The minimum Gasteiger partial charge on any atom is -0.484 e. The van der Waals surface area contributed by atoms with Crippen LogP contribution in [0, 0.1) is 5.82 Å². The summed E-state index contributed by atoms with van der Waals surface area (Å²) in [5.41, 5.74) is -1.46. The molecule has 2 amide bonds. The maximum absolute atomic E-state index is 13.4. The first-order valence-corrected chi connectivity index (χ1v) is 10.1. The Morgan fingerprint density at radius 3 is 2.28 bits per heavy atom. The number of benzene rings is 1. The van der Waals surface area contributed by atoms with E-state index in [1.165, 1.54) is 18.2 Å². The van der Waals surface area contributed by atoms with Crippen LogP contribution < -0.4 is 15.4 Å². The summed E-state index contributed by atoms with van der Waals surface area (Å²) in [6, 6.07) is 5.95. The molecule has 0 spiro atoms. The maximum atomic E-state index is 13.4. The number of pyridine rings is 1. The Morgan fingerprint density at radius 1 is 1.06 bits per heavy atom. The summed E-state index contributed by atoms with van der Waals surface area (Å²) in [6.07, 6.45) is -1.91. The minimum atomic E-state index is -4.53. The van der Waals surface area contributed by atoms with Gasteiger partial charge in [-0.3, -0.25) is 14.6 Å². The van der Waals surface area contributed by atoms with Gasteiger partial charge in [-0.2, -0.15) is 13.2 Å². The average molecular weight is 472 g/mol. The average Bonchev–Trinajstić information content (AvgIpc) is 2.66. The van der Waals surface area contributed by atoms with Gasteiger partial charge in [0.25, 0.3) is 5.91 Å². The maximum Gasteiger partial charge on any atom is 0.433 e. The van der Waals surface area contributed by atoms with Crippen molar-refractivity contribution in [2.24, 2.45) is 0 Å². The van der Waals surface area contributed by atoms with Gasteiger partial charge in [-0.25, -0.2) is 4.39 Å². The largest absolute Gasteiger partial charge is 0.484 e. The molecule has 2 aromatic rings. The van der Waals surface area contributed by atoms with E-state index in [-0.39, 0.29) is 35.6 Å². The fraction of sp³-hybridized carbons (Fsp3) is 0.381. The first kappa shape index (κ1) is 22.3. The van der Waals surface area contributed by atoms with E-state index < -0.39 is 28.8 Å². The monoisotopic (exact) mass is 471 g/mol. The van der Waals surface area contributed by atoms with Crippen LogP contribution in [0.4, 0.5) is 17.6 Å². The molecule has 170 valence electrons. The molecule has 0 atom stereocenters. The number of ether oxygens (including phenoxy) is 1. The standard InChI is InChI=1S/C21H18ClF4N3O3/c22-14-3-2-13(6-15(14)23)32-8-18(31)29-20-9-19(10-20,11-20)28-17(30)5-12-1-4-16(27-7-12)21(24,25)26/h1-4,6-7H,5,8-11H2,(H,28,30)(H,29,31). The quantitative estimate of drug-likeness (QED) is 0.606. The number of nitrogens with one attached hydrogen (secondary N) is 2. The van der Waals surface area contributed by atoms with Crippen LogP contribution in [0.3, 0.4) is 0 Å². The smallest absolute Gasteiger partial charge is 0.433 e. The van der Waals surface area contributed by atoms with E-state index in [4.69, 9.17) is 16.3 Å². The van der Waals surface area contributed by atoms with Crippen molar-refractivity contribution in [3.63, 3.8) is 0 Å². The zero-order valence-corrected chi connectivity index (χ0v) is 17.3. The van der Waals surface area contributed by atoms with Crippen LogP contribution >= 0.6 is 11.6 Å². The molecule has 3 aliphatic carbocycles. The molecule has 1 aromatic carbocycles. The summed E-state index contributed by atoms with van der Waals surface area (Å²) in [4.78, 5) is 27.7. The number of hydrogen-bond acceptors (Lipinski definition) is 4. The summed E-state index contributed by atoms with van der Waals surface area (Å²) >= 11 is 5.60. The lowest BCUT2D eigenvalue weighted by Gasteiger charge is -2.70. The molecule has 5 rings (SSSR count). The molecular formula is C21H18ClF4N3O3. The number of hydrogen-bond donors (Lipinski definition) is 2. The van der Waals surface area contributed by atoms with Gasteiger partial charge in [0.15, 0.2) is 6.61 Å². The molecule has 0 aliphatic heterocycles. The third kappa shape index (κ3) is 4.64. The Hall–Kier alpha value is -2.88. The highest BCUT2D eigenvalue weighted by Gasteiger charge is 2.69. The number of nitrogens with zero attached hydrogens (tertiary/aromatic N) is 1. The van der Waals surface area contributed by atoms with Gasteiger partial charge in [0, 0.05) is 23.3 Å². The SMILES string of the molecule is O=C(COc1ccc(Cl)c(F)c1)NC12CC(NC(=O)Cc3ccc(C(F)(F)F)nc3)(C1)C2. The van der Waals surface area contributed by atoms with Crippen LogP contribution in [-0.4, -0.2) is 34.5 Å². The molecule has 1 heterocycles. The lowest BCUT2D eigenvalue weighted by Crippen LogP contribution is -2.84. The van der Waals surface area contributed by atoms with Gasteiger partial charge in [0.05, 0.1) is 11.4 Å². The molecule has 3 fully saturated rings. The first-order valence-electron chi connectivity index (χ1n) is 9.70. The number of carbonyl (C=O) groups excluding carboxylic acids is 2. The molecule has 0 radical (unpaired) electrons. The molecule has 3 saturated carbocycles. The molecule has 11 heteroatoms. The number of rotatable bonds is 7. The molecule has 2 N–H and O–H groups in total. The molecule has 6 nitrogen and oxygen atoms in total. The van der Waals surface area contributed by atoms with Gasteiger partial charge in [-0.05, 0) is 43.0 Å². The summed E-state index contributed by atoms with van der Waals surface area (Å²) in [5, 5.41) is 5.72. The van der Waals surface area contributed by atoms with Crippen LogP contribution in [0.5, 0.6) is 5.75 Å². The molecule has 0 saturated heterocycles. The van der Waals surface area contributed by atoms with E-state index in [0.717, 1.165) is 18.3 Å². The van der Waals surface area contributed by atoms with E-state index in [0.29, 0.717) is 24.8 Å². The molecule has 2 bridgehead atoms.